The summed E-state index contributed by atoms with van der Waals surface area (Å²) in [5, 5.41) is 0. The molecule has 0 spiro atoms. The summed E-state index contributed by atoms with van der Waals surface area (Å²) in [7, 11) is 0. The molecule has 26 heavy (non-hydrogen) atoms. The van der Waals surface area contributed by atoms with Crippen molar-refractivity contribution in [1.82, 2.24) is 0 Å². The lowest BCUT2D eigenvalue weighted by atomic mass is 10.1. The van der Waals surface area contributed by atoms with E-state index in [4.69, 9.17) is 30.1 Å². The van der Waals surface area contributed by atoms with Crippen molar-refractivity contribution in [3.63, 3.8) is 0 Å². The van der Waals surface area contributed by atoms with Gasteiger partial charge in [0, 0.05) is 5.56 Å². The summed E-state index contributed by atoms with van der Waals surface area (Å²) in [6, 6.07) is 8.25. The van der Waals surface area contributed by atoms with Crippen molar-refractivity contribution in [2.75, 3.05) is 59.5 Å². The zero-order chi connectivity index (χ0) is 18.9. The maximum atomic E-state index is 11.7. The van der Waals surface area contributed by atoms with Gasteiger partial charge in [-0.15, -0.1) is 6.42 Å². The minimum atomic E-state index is -0.889. The van der Waals surface area contributed by atoms with Gasteiger partial charge in [-0.1, -0.05) is 36.3 Å². The molecular formula is C19H24O7. The van der Waals surface area contributed by atoms with Gasteiger partial charge in [0.2, 0.25) is 0 Å². The van der Waals surface area contributed by atoms with Gasteiger partial charge < -0.3 is 23.7 Å². The number of hydrogen-bond acceptors (Lipinski definition) is 7. The number of ketones is 1. The fourth-order valence-corrected chi connectivity index (χ4v) is 1.76. The molecule has 0 aliphatic carbocycles. The van der Waals surface area contributed by atoms with Crippen molar-refractivity contribution in [3.8, 4) is 12.3 Å². The molecule has 0 N–H and O–H groups in total. The highest BCUT2D eigenvalue weighted by atomic mass is 16.6. The number of rotatable bonds is 15. The van der Waals surface area contributed by atoms with Gasteiger partial charge in [0.05, 0.1) is 46.2 Å². The van der Waals surface area contributed by atoms with Gasteiger partial charge in [0.1, 0.15) is 13.2 Å². The van der Waals surface area contributed by atoms with Crippen LogP contribution in [0.15, 0.2) is 30.3 Å². The second-order valence-corrected chi connectivity index (χ2v) is 4.92. The topological polar surface area (TPSA) is 80.3 Å². The summed E-state index contributed by atoms with van der Waals surface area (Å²) in [6.07, 6.45) is 5.03. The van der Waals surface area contributed by atoms with Crippen molar-refractivity contribution >= 4 is 11.8 Å². The normalized spacial score (nSPS) is 10.3. The molecule has 0 aliphatic rings. The molecule has 0 saturated heterocycles. The van der Waals surface area contributed by atoms with Gasteiger partial charge >= 0.3 is 5.97 Å². The second kappa shape index (κ2) is 15.0. The van der Waals surface area contributed by atoms with Gasteiger partial charge in [-0.25, -0.2) is 4.79 Å². The molecule has 0 saturated carbocycles. The van der Waals surface area contributed by atoms with E-state index in [0.29, 0.717) is 45.2 Å². The van der Waals surface area contributed by atoms with E-state index >= 15 is 0 Å². The molecule has 0 radical (unpaired) electrons. The smallest absolute Gasteiger partial charge is 0.379 e. The first-order valence-corrected chi connectivity index (χ1v) is 8.26. The summed E-state index contributed by atoms with van der Waals surface area (Å²) >= 11 is 0. The van der Waals surface area contributed by atoms with Crippen molar-refractivity contribution < 1.29 is 33.3 Å². The first kappa shape index (κ1) is 21.8. The Morgan fingerprint density at radius 2 is 1.27 bits per heavy atom. The minimum Gasteiger partial charge on any atom is -0.457 e. The molecular weight excluding hydrogens is 340 g/mol. The fourth-order valence-electron chi connectivity index (χ4n) is 1.76. The molecule has 0 bridgehead atoms. The van der Waals surface area contributed by atoms with E-state index in [0.717, 1.165) is 0 Å². The third kappa shape index (κ3) is 10.6. The van der Waals surface area contributed by atoms with Gasteiger partial charge in [0.25, 0.3) is 5.78 Å². The molecule has 1 rings (SSSR count). The largest absolute Gasteiger partial charge is 0.457 e. The van der Waals surface area contributed by atoms with Crippen molar-refractivity contribution in [2.45, 2.75) is 0 Å². The van der Waals surface area contributed by atoms with Gasteiger partial charge in [-0.05, 0) is 0 Å². The van der Waals surface area contributed by atoms with Crippen LogP contribution < -0.4 is 0 Å². The van der Waals surface area contributed by atoms with Crippen LogP contribution in [0.5, 0.6) is 0 Å². The van der Waals surface area contributed by atoms with E-state index in [1.807, 2.05) is 0 Å². The van der Waals surface area contributed by atoms with Crippen LogP contribution in [0, 0.1) is 12.3 Å². The number of carbonyl (C=O) groups is 2. The molecule has 0 aliphatic heterocycles. The van der Waals surface area contributed by atoms with Crippen molar-refractivity contribution in [1.29, 1.82) is 0 Å². The molecule has 142 valence electrons. The number of terminal acetylenes is 1. The first-order chi connectivity index (χ1) is 12.8. The molecule has 1 aromatic rings. The summed E-state index contributed by atoms with van der Waals surface area (Å²) in [5.41, 5.74) is 0.302. The maximum absolute atomic E-state index is 11.7. The number of carbonyl (C=O) groups excluding carboxylic acids is 2. The molecule has 1 aromatic carbocycles. The fraction of sp³-hybridized carbons (Fsp3) is 0.474. The van der Waals surface area contributed by atoms with Crippen LogP contribution in [0.25, 0.3) is 0 Å². The van der Waals surface area contributed by atoms with E-state index in [1.54, 1.807) is 30.3 Å². The van der Waals surface area contributed by atoms with Crippen LogP contribution in [0.4, 0.5) is 0 Å². The lowest BCUT2D eigenvalue weighted by molar-refractivity contribution is -0.139. The summed E-state index contributed by atoms with van der Waals surface area (Å²) in [5.74, 6) is 0.808. The SMILES string of the molecule is C#CCOCCOCCOCCOCCOC(=O)C(=O)c1ccccc1. The Balaban J connectivity index is 1.88. The molecule has 0 aromatic heterocycles. The molecule has 7 nitrogen and oxygen atoms in total. The van der Waals surface area contributed by atoms with Gasteiger partial charge in [-0.2, -0.15) is 0 Å². The molecule has 0 atom stereocenters. The van der Waals surface area contributed by atoms with E-state index in [1.165, 1.54) is 0 Å². The van der Waals surface area contributed by atoms with Crippen molar-refractivity contribution in [2.24, 2.45) is 0 Å². The lowest BCUT2D eigenvalue weighted by Gasteiger charge is -2.07. The van der Waals surface area contributed by atoms with Crippen LogP contribution in [-0.2, 0) is 28.5 Å². The van der Waals surface area contributed by atoms with E-state index < -0.39 is 11.8 Å². The van der Waals surface area contributed by atoms with Crippen LogP contribution in [-0.4, -0.2) is 71.2 Å². The number of Topliss-reactive ketones (excluding diaryl/α,β-unsaturated/α-hetero) is 1. The third-order valence-electron chi connectivity index (χ3n) is 2.98. The Morgan fingerprint density at radius 3 is 1.81 bits per heavy atom. The Hall–Kier alpha value is -2.24. The molecule has 0 unspecified atom stereocenters. The van der Waals surface area contributed by atoms with Crippen molar-refractivity contribution in [3.05, 3.63) is 35.9 Å². The number of esters is 1. The number of hydrogen-bond donors (Lipinski definition) is 0. The second-order valence-electron chi connectivity index (χ2n) is 4.92. The lowest BCUT2D eigenvalue weighted by Crippen LogP contribution is -2.20. The Bertz CT molecular complexity index is 551. The highest BCUT2D eigenvalue weighted by molar-refractivity contribution is 6.40. The van der Waals surface area contributed by atoms with Crippen LogP contribution in [0.1, 0.15) is 10.4 Å². The number of benzene rings is 1. The third-order valence-corrected chi connectivity index (χ3v) is 2.98. The van der Waals surface area contributed by atoms with Gasteiger partial charge in [-0.3, -0.25) is 4.79 Å². The Morgan fingerprint density at radius 1 is 0.769 bits per heavy atom. The number of ether oxygens (including phenoxy) is 5. The zero-order valence-corrected chi connectivity index (χ0v) is 14.7. The van der Waals surface area contributed by atoms with E-state index in [2.05, 4.69) is 5.92 Å². The van der Waals surface area contributed by atoms with E-state index in [9.17, 15) is 9.59 Å². The summed E-state index contributed by atoms with van der Waals surface area (Å²) in [4.78, 5) is 23.3. The quantitative estimate of drug-likeness (QED) is 0.152. The Labute approximate surface area is 153 Å². The summed E-state index contributed by atoms with van der Waals surface area (Å²) < 4.78 is 25.7. The minimum absolute atomic E-state index is 0.0121. The van der Waals surface area contributed by atoms with Gasteiger partial charge in [0.15, 0.2) is 0 Å². The predicted molar refractivity (Wildman–Crippen MR) is 93.8 cm³/mol. The highest BCUT2D eigenvalue weighted by Gasteiger charge is 2.16. The first-order valence-electron chi connectivity index (χ1n) is 8.26. The molecule has 7 heteroatoms. The zero-order valence-electron chi connectivity index (χ0n) is 14.7. The maximum Gasteiger partial charge on any atom is 0.379 e. The highest BCUT2D eigenvalue weighted by Crippen LogP contribution is 2.01. The molecule has 0 heterocycles. The van der Waals surface area contributed by atoms with Crippen LogP contribution in [0.2, 0.25) is 0 Å². The average molecular weight is 364 g/mol. The molecule has 0 amide bonds. The monoisotopic (exact) mass is 364 g/mol. The average Bonchev–Trinajstić information content (AvgIpc) is 2.68. The summed E-state index contributed by atoms with van der Waals surface area (Å²) in [6.45, 7) is 3.07. The van der Waals surface area contributed by atoms with Crippen LogP contribution in [0.3, 0.4) is 0 Å². The van der Waals surface area contributed by atoms with E-state index in [-0.39, 0.29) is 19.8 Å². The molecule has 0 fully saturated rings. The van der Waals surface area contributed by atoms with Crippen LogP contribution >= 0.6 is 0 Å². The Kier molecular flexibility index (Phi) is 12.6. The predicted octanol–water partition coefficient (Wildman–Crippen LogP) is 1.11. The standard InChI is InChI=1S/C19H24O7/c1-2-8-22-9-10-23-11-12-24-13-14-25-15-16-26-19(21)18(20)17-6-4-3-5-7-17/h1,3-7H,8-16H2.